The van der Waals surface area contributed by atoms with Gasteiger partial charge in [-0.1, -0.05) is 6.07 Å². The molecule has 2 heterocycles. The highest BCUT2D eigenvalue weighted by Crippen LogP contribution is 2.19. The lowest BCUT2D eigenvalue weighted by Gasteiger charge is -2.32. The molecule has 0 aliphatic carbocycles. The summed E-state index contributed by atoms with van der Waals surface area (Å²) in [6.07, 6.45) is 2.46. The number of hydrogen-bond donors (Lipinski definition) is 1. The Labute approximate surface area is 103 Å². The minimum atomic E-state index is 0.535. The zero-order chi connectivity index (χ0) is 12.1. The van der Waals surface area contributed by atoms with Crippen molar-refractivity contribution in [3.8, 4) is 5.88 Å². The summed E-state index contributed by atoms with van der Waals surface area (Å²) in [7, 11) is 2.11. The molecular weight excluding hydrogens is 214 g/mol. The van der Waals surface area contributed by atoms with Crippen LogP contribution in [0, 0.1) is 0 Å². The molecule has 1 aliphatic rings. The lowest BCUT2D eigenvalue weighted by atomic mass is 10.1. The lowest BCUT2D eigenvalue weighted by molar-refractivity contribution is 0.326. The van der Waals surface area contributed by atoms with E-state index < -0.39 is 0 Å². The Kier molecular flexibility index (Phi) is 4.20. The monoisotopic (exact) mass is 235 g/mol. The molecule has 1 fully saturated rings. The standard InChI is InChI=1S/C13H21N3O/c1-3-17-13-8-4-7-12(15-13)16(2)11-6-5-9-14-10-11/h4,7-8,11,14H,3,5-6,9-10H2,1-2H3. The molecule has 1 N–H and O–H groups in total. The largest absolute Gasteiger partial charge is 0.478 e. The summed E-state index contributed by atoms with van der Waals surface area (Å²) in [4.78, 5) is 6.76. The molecule has 1 aromatic rings. The molecule has 94 valence electrons. The van der Waals surface area contributed by atoms with Crippen LogP contribution in [0.15, 0.2) is 18.2 Å². The molecule has 1 atom stereocenters. The fraction of sp³-hybridized carbons (Fsp3) is 0.615. The van der Waals surface area contributed by atoms with Gasteiger partial charge in [0, 0.05) is 25.7 Å². The van der Waals surface area contributed by atoms with Gasteiger partial charge in [0.05, 0.1) is 6.61 Å². The second-order valence-electron chi connectivity index (χ2n) is 4.38. The number of likely N-dealkylation sites (N-methyl/N-ethyl adjacent to an activating group) is 1. The zero-order valence-corrected chi connectivity index (χ0v) is 10.6. The first kappa shape index (κ1) is 12.2. The second-order valence-corrected chi connectivity index (χ2v) is 4.38. The lowest BCUT2D eigenvalue weighted by Crippen LogP contribution is -2.44. The van der Waals surface area contributed by atoms with Gasteiger partial charge in [-0.25, -0.2) is 0 Å². The third-order valence-electron chi connectivity index (χ3n) is 3.18. The third-order valence-corrected chi connectivity index (χ3v) is 3.18. The second kappa shape index (κ2) is 5.87. The zero-order valence-electron chi connectivity index (χ0n) is 10.6. The molecule has 0 radical (unpaired) electrons. The number of pyridine rings is 1. The maximum Gasteiger partial charge on any atom is 0.215 e. The summed E-state index contributed by atoms with van der Waals surface area (Å²) in [5.74, 6) is 1.70. The number of nitrogens with one attached hydrogen (secondary N) is 1. The molecule has 2 rings (SSSR count). The van der Waals surface area contributed by atoms with Crippen molar-refractivity contribution in [1.82, 2.24) is 10.3 Å². The molecule has 1 saturated heterocycles. The van der Waals surface area contributed by atoms with Crippen molar-refractivity contribution in [2.24, 2.45) is 0 Å². The third kappa shape index (κ3) is 3.09. The minimum Gasteiger partial charge on any atom is -0.478 e. The van der Waals surface area contributed by atoms with Crippen LogP contribution in [0.2, 0.25) is 0 Å². The Morgan fingerprint density at radius 1 is 1.53 bits per heavy atom. The molecule has 4 heteroatoms. The molecule has 0 bridgehead atoms. The average Bonchev–Trinajstić information content (AvgIpc) is 2.40. The highest BCUT2D eigenvalue weighted by molar-refractivity contribution is 5.41. The van der Waals surface area contributed by atoms with Crippen LogP contribution in [-0.4, -0.2) is 37.8 Å². The van der Waals surface area contributed by atoms with Gasteiger partial charge in [0.25, 0.3) is 0 Å². The first-order valence-electron chi connectivity index (χ1n) is 6.34. The van der Waals surface area contributed by atoms with E-state index in [1.54, 1.807) is 0 Å². The van der Waals surface area contributed by atoms with Gasteiger partial charge in [0.15, 0.2) is 0 Å². The summed E-state index contributed by atoms with van der Waals surface area (Å²) in [6.45, 7) is 4.81. The Morgan fingerprint density at radius 3 is 3.12 bits per heavy atom. The SMILES string of the molecule is CCOc1cccc(N(C)C2CCCNC2)n1. The van der Waals surface area contributed by atoms with Crippen LogP contribution in [0.3, 0.4) is 0 Å². The molecular formula is C13H21N3O. The number of ether oxygens (including phenoxy) is 1. The van der Waals surface area contributed by atoms with E-state index in [0.29, 0.717) is 18.5 Å². The van der Waals surface area contributed by atoms with Gasteiger partial charge in [-0.2, -0.15) is 4.98 Å². The van der Waals surface area contributed by atoms with Crippen LogP contribution < -0.4 is 15.0 Å². The van der Waals surface area contributed by atoms with E-state index in [1.807, 2.05) is 25.1 Å². The van der Waals surface area contributed by atoms with E-state index in [0.717, 1.165) is 18.9 Å². The van der Waals surface area contributed by atoms with Gasteiger partial charge in [-0.15, -0.1) is 0 Å². The van der Waals surface area contributed by atoms with E-state index in [4.69, 9.17) is 4.74 Å². The summed E-state index contributed by atoms with van der Waals surface area (Å²) in [5.41, 5.74) is 0. The Bertz CT molecular complexity index is 350. The minimum absolute atomic E-state index is 0.535. The predicted molar refractivity (Wildman–Crippen MR) is 69.7 cm³/mol. The van der Waals surface area contributed by atoms with Crippen LogP contribution in [0.4, 0.5) is 5.82 Å². The summed E-state index contributed by atoms with van der Waals surface area (Å²) in [6, 6.07) is 6.48. The summed E-state index contributed by atoms with van der Waals surface area (Å²) < 4.78 is 5.43. The molecule has 0 saturated carbocycles. The van der Waals surface area contributed by atoms with Crippen molar-refractivity contribution in [1.29, 1.82) is 0 Å². The van der Waals surface area contributed by atoms with Crippen LogP contribution >= 0.6 is 0 Å². The predicted octanol–water partition coefficient (Wildman–Crippen LogP) is 1.67. The van der Waals surface area contributed by atoms with Crippen LogP contribution in [0.5, 0.6) is 5.88 Å². The van der Waals surface area contributed by atoms with E-state index in [1.165, 1.54) is 12.8 Å². The van der Waals surface area contributed by atoms with Crippen molar-refractivity contribution in [3.05, 3.63) is 18.2 Å². The Hall–Kier alpha value is -1.29. The fourth-order valence-electron chi connectivity index (χ4n) is 2.18. The molecule has 1 aromatic heterocycles. The number of rotatable bonds is 4. The van der Waals surface area contributed by atoms with Gasteiger partial charge in [-0.3, -0.25) is 0 Å². The molecule has 1 unspecified atom stereocenters. The molecule has 0 amide bonds. The topological polar surface area (TPSA) is 37.4 Å². The van der Waals surface area contributed by atoms with E-state index in [-0.39, 0.29) is 0 Å². The van der Waals surface area contributed by atoms with Crippen molar-refractivity contribution >= 4 is 5.82 Å². The maximum atomic E-state index is 5.43. The molecule has 1 aliphatic heterocycles. The Morgan fingerprint density at radius 2 is 2.41 bits per heavy atom. The smallest absolute Gasteiger partial charge is 0.215 e. The summed E-state index contributed by atoms with van der Waals surface area (Å²) in [5, 5.41) is 3.42. The van der Waals surface area contributed by atoms with Gasteiger partial charge < -0.3 is 15.0 Å². The van der Waals surface area contributed by atoms with Gasteiger partial charge >= 0.3 is 0 Å². The highest BCUT2D eigenvalue weighted by atomic mass is 16.5. The normalized spacial score (nSPS) is 20.0. The van der Waals surface area contributed by atoms with Gasteiger partial charge in [0.2, 0.25) is 5.88 Å². The fourth-order valence-corrected chi connectivity index (χ4v) is 2.18. The number of hydrogen-bond acceptors (Lipinski definition) is 4. The molecule has 17 heavy (non-hydrogen) atoms. The van der Waals surface area contributed by atoms with Crippen LogP contribution in [0.25, 0.3) is 0 Å². The van der Waals surface area contributed by atoms with Crippen molar-refractivity contribution in [3.63, 3.8) is 0 Å². The number of aromatic nitrogens is 1. The van der Waals surface area contributed by atoms with Crippen molar-refractivity contribution < 1.29 is 4.74 Å². The van der Waals surface area contributed by atoms with E-state index >= 15 is 0 Å². The van der Waals surface area contributed by atoms with Crippen molar-refractivity contribution in [2.45, 2.75) is 25.8 Å². The van der Waals surface area contributed by atoms with Gasteiger partial charge in [0.1, 0.15) is 5.82 Å². The number of nitrogens with zero attached hydrogens (tertiary/aromatic N) is 2. The highest BCUT2D eigenvalue weighted by Gasteiger charge is 2.18. The van der Waals surface area contributed by atoms with Crippen LogP contribution in [0.1, 0.15) is 19.8 Å². The quantitative estimate of drug-likeness (QED) is 0.861. The first-order chi connectivity index (χ1) is 8.31. The number of piperidine rings is 1. The average molecular weight is 235 g/mol. The summed E-state index contributed by atoms with van der Waals surface area (Å²) >= 11 is 0. The van der Waals surface area contributed by atoms with E-state index in [2.05, 4.69) is 22.2 Å². The first-order valence-corrected chi connectivity index (χ1v) is 6.34. The molecule has 0 aromatic carbocycles. The van der Waals surface area contributed by atoms with Crippen LogP contribution in [-0.2, 0) is 0 Å². The number of anilines is 1. The van der Waals surface area contributed by atoms with Gasteiger partial charge in [-0.05, 0) is 32.4 Å². The Balaban J connectivity index is 2.06. The molecule has 0 spiro atoms. The van der Waals surface area contributed by atoms with Crippen molar-refractivity contribution in [2.75, 3.05) is 31.6 Å². The molecule has 4 nitrogen and oxygen atoms in total. The van der Waals surface area contributed by atoms with E-state index in [9.17, 15) is 0 Å². The maximum absolute atomic E-state index is 5.43.